The topological polar surface area (TPSA) is 29.4 Å². The molecule has 0 saturated carbocycles. The number of halogens is 3. The first-order chi connectivity index (χ1) is 6.50. The second kappa shape index (κ2) is 3.86. The largest absolute Gasteiger partial charge is 0.240 e. The Labute approximate surface area is 82.9 Å². The molecule has 0 aromatic heterocycles. The maximum Gasteiger partial charge on any atom is 0.240 e. The van der Waals surface area contributed by atoms with Crippen molar-refractivity contribution in [1.29, 1.82) is 0 Å². The molecular formula is C8H4F3NOS. The molecule has 14 heavy (non-hydrogen) atoms. The van der Waals surface area contributed by atoms with E-state index in [2.05, 4.69) is 17.6 Å². The molecule has 0 aliphatic carbocycles. The molecule has 0 saturated heterocycles. The highest BCUT2D eigenvalue weighted by molar-refractivity contribution is 7.80. The third-order valence-corrected chi connectivity index (χ3v) is 2.21. The lowest BCUT2D eigenvalue weighted by Crippen LogP contribution is -1.96. The average molecular weight is 219 g/mol. The quantitative estimate of drug-likeness (QED) is 0.334. The molecule has 6 heteroatoms. The number of benzene rings is 1. The van der Waals surface area contributed by atoms with Crippen molar-refractivity contribution in [2.24, 2.45) is 4.99 Å². The molecule has 74 valence electrons. The third kappa shape index (κ3) is 1.54. The zero-order valence-electron chi connectivity index (χ0n) is 6.94. The van der Waals surface area contributed by atoms with Gasteiger partial charge in [0.15, 0.2) is 17.5 Å². The van der Waals surface area contributed by atoms with Gasteiger partial charge in [-0.05, 0) is 6.92 Å². The number of carbonyl (C=O) groups excluding carboxylic acids is 1. The molecule has 0 unspecified atom stereocenters. The minimum atomic E-state index is -1.67. The van der Waals surface area contributed by atoms with Crippen LogP contribution in [0.3, 0.4) is 0 Å². The van der Waals surface area contributed by atoms with E-state index in [9.17, 15) is 18.0 Å². The van der Waals surface area contributed by atoms with E-state index in [1.165, 1.54) is 6.92 Å². The SMILES string of the molecule is Cc1c(F)c(F)c(F)c(N=C=O)c1S. The number of hydrogen-bond acceptors (Lipinski definition) is 3. The molecule has 0 bridgehead atoms. The number of isocyanates is 1. The Hall–Kier alpha value is -1.26. The highest BCUT2D eigenvalue weighted by atomic mass is 32.1. The monoisotopic (exact) mass is 219 g/mol. The highest BCUT2D eigenvalue weighted by Gasteiger charge is 2.20. The predicted octanol–water partition coefficient (Wildman–Crippen LogP) is 2.67. The van der Waals surface area contributed by atoms with Gasteiger partial charge in [0.05, 0.1) is 0 Å². The normalized spacial score (nSPS) is 9.79. The second-order valence-electron chi connectivity index (χ2n) is 2.47. The molecule has 0 fully saturated rings. The van der Waals surface area contributed by atoms with Crippen LogP contribution < -0.4 is 0 Å². The van der Waals surface area contributed by atoms with Crippen molar-refractivity contribution in [2.75, 3.05) is 0 Å². The maximum absolute atomic E-state index is 13.0. The molecule has 1 aromatic rings. The predicted molar refractivity (Wildman–Crippen MR) is 46.1 cm³/mol. The summed E-state index contributed by atoms with van der Waals surface area (Å²) in [5, 5.41) is 0. The minimum Gasteiger partial charge on any atom is -0.211 e. The van der Waals surface area contributed by atoms with Crippen LogP contribution >= 0.6 is 12.6 Å². The van der Waals surface area contributed by atoms with E-state index >= 15 is 0 Å². The molecule has 1 rings (SSSR count). The molecule has 0 atom stereocenters. The summed E-state index contributed by atoms with van der Waals surface area (Å²) >= 11 is 3.71. The van der Waals surface area contributed by atoms with Crippen LogP contribution in [-0.2, 0) is 4.79 Å². The van der Waals surface area contributed by atoms with E-state index in [1.54, 1.807) is 0 Å². The van der Waals surface area contributed by atoms with Gasteiger partial charge in [-0.1, -0.05) is 0 Å². The Kier molecular flexibility index (Phi) is 2.98. The maximum atomic E-state index is 13.0. The van der Waals surface area contributed by atoms with Gasteiger partial charge in [-0.3, -0.25) is 0 Å². The lowest BCUT2D eigenvalue weighted by molar-refractivity contribution is 0.441. The Bertz CT molecular complexity index is 412. The molecule has 0 aliphatic rings. The standard InChI is InChI=1S/C8H4F3NOS/c1-3-4(9)5(10)6(11)7(8(3)14)12-2-13/h14H,1H3. The summed E-state index contributed by atoms with van der Waals surface area (Å²) < 4.78 is 38.6. The van der Waals surface area contributed by atoms with Crippen LogP contribution in [-0.4, -0.2) is 6.08 Å². The van der Waals surface area contributed by atoms with Crippen molar-refractivity contribution in [3.63, 3.8) is 0 Å². The van der Waals surface area contributed by atoms with Crippen LogP contribution in [0.4, 0.5) is 18.9 Å². The van der Waals surface area contributed by atoms with E-state index in [4.69, 9.17) is 0 Å². The van der Waals surface area contributed by atoms with Gasteiger partial charge in [-0.15, -0.1) is 12.6 Å². The van der Waals surface area contributed by atoms with Crippen molar-refractivity contribution in [1.82, 2.24) is 0 Å². The molecule has 0 aliphatic heterocycles. The summed E-state index contributed by atoms with van der Waals surface area (Å²) in [6.45, 7) is 1.20. The van der Waals surface area contributed by atoms with Crippen LogP contribution in [0.5, 0.6) is 0 Å². The summed E-state index contributed by atoms with van der Waals surface area (Å²) in [7, 11) is 0. The van der Waals surface area contributed by atoms with Gasteiger partial charge < -0.3 is 0 Å². The van der Waals surface area contributed by atoms with Gasteiger partial charge in [-0.25, -0.2) is 18.0 Å². The van der Waals surface area contributed by atoms with Crippen LogP contribution in [0.1, 0.15) is 5.56 Å². The highest BCUT2D eigenvalue weighted by Crippen LogP contribution is 2.33. The Morgan fingerprint density at radius 1 is 1.21 bits per heavy atom. The fourth-order valence-electron chi connectivity index (χ4n) is 0.898. The zero-order chi connectivity index (χ0) is 10.9. The summed E-state index contributed by atoms with van der Waals surface area (Å²) in [4.78, 5) is 12.6. The average Bonchev–Trinajstić information content (AvgIpc) is 2.19. The lowest BCUT2D eigenvalue weighted by atomic mass is 10.2. The summed E-state index contributed by atoms with van der Waals surface area (Å²) in [6.07, 6.45) is 1.04. The first kappa shape index (κ1) is 10.8. The van der Waals surface area contributed by atoms with Crippen molar-refractivity contribution < 1.29 is 18.0 Å². The molecular weight excluding hydrogens is 215 g/mol. The Morgan fingerprint density at radius 3 is 2.29 bits per heavy atom. The van der Waals surface area contributed by atoms with Crippen molar-refractivity contribution in [2.45, 2.75) is 11.8 Å². The number of aliphatic imine (C=N–C) groups is 1. The van der Waals surface area contributed by atoms with Crippen LogP contribution in [0.2, 0.25) is 0 Å². The van der Waals surface area contributed by atoms with Gasteiger partial charge in [0.2, 0.25) is 6.08 Å². The molecule has 0 N–H and O–H groups in total. The van der Waals surface area contributed by atoms with Gasteiger partial charge in [0.25, 0.3) is 0 Å². The molecule has 2 nitrogen and oxygen atoms in total. The van der Waals surface area contributed by atoms with Crippen LogP contribution in [0.25, 0.3) is 0 Å². The van der Waals surface area contributed by atoms with E-state index in [-0.39, 0.29) is 10.5 Å². The first-order valence-corrected chi connectivity index (χ1v) is 3.89. The number of nitrogens with zero attached hydrogens (tertiary/aromatic N) is 1. The molecule has 1 aromatic carbocycles. The summed E-state index contributed by atoms with van der Waals surface area (Å²) in [5.74, 6) is -4.55. The third-order valence-electron chi connectivity index (χ3n) is 1.66. The van der Waals surface area contributed by atoms with Crippen molar-refractivity contribution >= 4 is 24.4 Å². The molecule has 0 spiro atoms. The molecule has 0 radical (unpaired) electrons. The van der Waals surface area contributed by atoms with E-state index in [0.29, 0.717) is 0 Å². The van der Waals surface area contributed by atoms with Crippen molar-refractivity contribution in [3.8, 4) is 0 Å². The van der Waals surface area contributed by atoms with E-state index in [1.807, 2.05) is 0 Å². The van der Waals surface area contributed by atoms with Crippen molar-refractivity contribution in [3.05, 3.63) is 23.0 Å². The van der Waals surface area contributed by atoms with E-state index in [0.717, 1.165) is 6.08 Å². The summed E-state index contributed by atoms with van der Waals surface area (Å²) in [6, 6.07) is 0. The van der Waals surface area contributed by atoms with Crippen LogP contribution in [0.15, 0.2) is 9.89 Å². The Balaban J connectivity index is 3.67. The van der Waals surface area contributed by atoms with E-state index < -0.39 is 23.1 Å². The van der Waals surface area contributed by atoms with Gasteiger partial charge in [0, 0.05) is 10.5 Å². The number of rotatable bonds is 1. The minimum absolute atomic E-state index is 0.207. The van der Waals surface area contributed by atoms with Crippen LogP contribution in [0, 0.1) is 24.4 Å². The smallest absolute Gasteiger partial charge is 0.211 e. The molecule has 0 amide bonds. The zero-order valence-corrected chi connectivity index (χ0v) is 7.83. The number of hydrogen-bond donors (Lipinski definition) is 1. The van der Waals surface area contributed by atoms with Gasteiger partial charge in [0.1, 0.15) is 5.69 Å². The molecule has 0 heterocycles. The fraction of sp³-hybridized carbons (Fsp3) is 0.125. The lowest BCUT2D eigenvalue weighted by Gasteiger charge is -2.06. The Morgan fingerprint density at radius 2 is 1.79 bits per heavy atom. The van der Waals surface area contributed by atoms with Gasteiger partial charge >= 0.3 is 0 Å². The second-order valence-corrected chi connectivity index (χ2v) is 2.91. The number of thiol groups is 1. The summed E-state index contributed by atoms with van der Waals surface area (Å²) in [5.41, 5.74) is -0.846. The van der Waals surface area contributed by atoms with Gasteiger partial charge in [-0.2, -0.15) is 4.99 Å². The fourth-order valence-corrected chi connectivity index (χ4v) is 1.14. The first-order valence-electron chi connectivity index (χ1n) is 3.44.